The summed E-state index contributed by atoms with van der Waals surface area (Å²) in [5, 5.41) is 0. The Morgan fingerprint density at radius 3 is 1.17 bits per heavy atom. The summed E-state index contributed by atoms with van der Waals surface area (Å²) in [6.45, 7) is 14.2. The zero-order chi connectivity index (χ0) is 34.8. The molecule has 10 nitrogen and oxygen atoms in total. The number of unbranched alkanes of at least 4 members (excludes halogenated alkanes) is 4. The third kappa shape index (κ3) is 13.0. The topological polar surface area (TPSA) is 124 Å². The zero-order valence-corrected chi connectivity index (χ0v) is 30.4. The molecule has 0 amide bonds. The van der Waals surface area contributed by atoms with Crippen LogP contribution in [0.25, 0.3) is 0 Å². The predicted molar refractivity (Wildman–Crippen MR) is 177 cm³/mol. The molecule has 9 unspecified atom stereocenters. The van der Waals surface area contributed by atoms with Gasteiger partial charge in [0.1, 0.15) is 23.1 Å². The van der Waals surface area contributed by atoms with E-state index in [4.69, 9.17) is 28.4 Å². The van der Waals surface area contributed by atoms with Gasteiger partial charge in [-0.25, -0.2) is 0 Å². The first-order chi connectivity index (χ1) is 22.0. The Hall–Kier alpha value is -1.56. The summed E-state index contributed by atoms with van der Waals surface area (Å²) in [7, 11) is 0. The van der Waals surface area contributed by atoms with E-state index in [1.165, 1.54) is 0 Å². The van der Waals surface area contributed by atoms with Crippen molar-refractivity contribution in [1.82, 2.24) is 0 Å². The van der Waals surface area contributed by atoms with E-state index >= 15 is 0 Å². The van der Waals surface area contributed by atoms with Crippen molar-refractivity contribution in [2.24, 2.45) is 0 Å². The first-order valence-corrected chi connectivity index (χ1v) is 18.1. The molecule has 0 radical (unpaired) electrons. The van der Waals surface area contributed by atoms with Crippen LogP contribution in [0.15, 0.2) is 0 Å². The van der Waals surface area contributed by atoms with Gasteiger partial charge in [-0.1, -0.05) is 32.6 Å². The molecule has 9 atom stereocenters. The molecule has 0 saturated carbocycles. The van der Waals surface area contributed by atoms with Gasteiger partial charge in [0.25, 0.3) is 0 Å². The Bertz CT molecular complexity index is 1060. The molecule has 10 heteroatoms. The van der Waals surface area contributed by atoms with E-state index in [0.29, 0.717) is 57.8 Å². The summed E-state index contributed by atoms with van der Waals surface area (Å²) in [6, 6.07) is 0. The molecule has 0 aromatic rings. The number of ketones is 4. The van der Waals surface area contributed by atoms with Crippen molar-refractivity contribution in [3.05, 3.63) is 0 Å². The Kier molecular flexibility index (Phi) is 15.2. The molecule has 3 rings (SSSR count). The van der Waals surface area contributed by atoms with Crippen LogP contribution < -0.4 is 0 Å². The van der Waals surface area contributed by atoms with Gasteiger partial charge in [-0.2, -0.15) is 0 Å². The quantitative estimate of drug-likeness (QED) is 0.111. The van der Waals surface area contributed by atoms with Gasteiger partial charge in [-0.15, -0.1) is 0 Å². The molecule has 0 aromatic heterocycles. The highest BCUT2D eigenvalue weighted by Gasteiger charge is 2.52. The maximum Gasteiger partial charge on any atom is 0.166 e. The largest absolute Gasteiger partial charge is 0.344 e. The molecule has 3 fully saturated rings. The first kappa shape index (κ1) is 39.9. The van der Waals surface area contributed by atoms with Crippen molar-refractivity contribution in [2.45, 2.75) is 212 Å². The number of ether oxygens (including phenoxy) is 6. The second-order valence-corrected chi connectivity index (χ2v) is 14.8. The highest BCUT2D eigenvalue weighted by Crippen LogP contribution is 2.44. The Labute approximate surface area is 282 Å². The minimum atomic E-state index is -0.938. The maximum absolute atomic E-state index is 11.9. The second kappa shape index (κ2) is 17.9. The zero-order valence-electron chi connectivity index (χ0n) is 30.4. The van der Waals surface area contributed by atoms with Crippen LogP contribution in [0.1, 0.15) is 158 Å². The summed E-state index contributed by atoms with van der Waals surface area (Å²) in [5.41, 5.74) is 0. The van der Waals surface area contributed by atoms with Crippen molar-refractivity contribution in [3.63, 3.8) is 0 Å². The number of hydrogen-bond donors (Lipinski definition) is 0. The van der Waals surface area contributed by atoms with Crippen LogP contribution in [0.3, 0.4) is 0 Å². The van der Waals surface area contributed by atoms with Crippen molar-refractivity contribution in [3.8, 4) is 0 Å². The standard InChI is InChI=1S/C37H62O10/c1-9-29-31(44-35(6,42-29)20-17-26(3)39)23-33-34(47-37(8,46-33)22-19-28(5)41)24-32-30(16-14-12-10-11-13-15-25(2)38)43-36(7,45-32)21-18-27(4)40/h29-34H,9-24H2,1-8H3. The van der Waals surface area contributed by atoms with Gasteiger partial charge in [0.15, 0.2) is 17.4 Å². The molecule has 3 saturated heterocycles. The highest BCUT2D eigenvalue weighted by atomic mass is 16.8. The first-order valence-electron chi connectivity index (χ1n) is 18.1. The minimum Gasteiger partial charge on any atom is -0.344 e. The third-order valence-electron chi connectivity index (χ3n) is 9.79. The molecule has 0 bridgehead atoms. The molecule has 47 heavy (non-hydrogen) atoms. The lowest BCUT2D eigenvalue weighted by molar-refractivity contribution is -0.180. The molecule has 3 aliphatic heterocycles. The normalized spacial score (nSPS) is 35.4. The molecular weight excluding hydrogens is 604 g/mol. The lowest BCUT2D eigenvalue weighted by Crippen LogP contribution is -2.36. The summed E-state index contributed by atoms with van der Waals surface area (Å²) in [4.78, 5) is 46.7. The molecule has 0 spiro atoms. The van der Waals surface area contributed by atoms with Crippen LogP contribution in [0, 0.1) is 0 Å². The van der Waals surface area contributed by atoms with Crippen LogP contribution >= 0.6 is 0 Å². The Morgan fingerprint density at radius 2 is 0.766 bits per heavy atom. The van der Waals surface area contributed by atoms with Crippen LogP contribution in [0.2, 0.25) is 0 Å². The number of carbonyl (C=O) groups excluding carboxylic acids is 4. The lowest BCUT2D eigenvalue weighted by Gasteiger charge is -2.26. The predicted octanol–water partition coefficient (Wildman–Crippen LogP) is 7.10. The van der Waals surface area contributed by atoms with Crippen LogP contribution in [-0.2, 0) is 47.6 Å². The number of carbonyl (C=O) groups is 4. The van der Waals surface area contributed by atoms with E-state index in [9.17, 15) is 19.2 Å². The van der Waals surface area contributed by atoms with E-state index < -0.39 is 17.4 Å². The van der Waals surface area contributed by atoms with E-state index in [1.54, 1.807) is 27.7 Å². The van der Waals surface area contributed by atoms with Gasteiger partial charge in [0.2, 0.25) is 0 Å². The second-order valence-electron chi connectivity index (χ2n) is 14.8. The number of hydrogen-bond acceptors (Lipinski definition) is 10. The number of rotatable bonds is 22. The van der Waals surface area contributed by atoms with E-state index in [2.05, 4.69) is 6.92 Å². The minimum absolute atomic E-state index is 0.0772. The molecule has 3 aliphatic rings. The molecule has 0 aromatic carbocycles. The van der Waals surface area contributed by atoms with Crippen molar-refractivity contribution in [2.75, 3.05) is 0 Å². The summed E-state index contributed by atoms with van der Waals surface area (Å²) < 4.78 is 39.3. The molecule has 0 aliphatic carbocycles. The maximum atomic E-state index is 11.9. The van der Waals surface area contributed by atoms with Crippen LogP contribution in [0.4, 0.5) is 0 Å². The monoisotopic (exact) mass is 666 g/mol. The van der Waals surface area contributed by atoms with Gasteiger partial charge in [0.05, 0.1) is 36.6 Å². The van der Waals surface area contributed by atoms with Crippen molar-refractivity contribution in [1.29, 1.82) is 0 Å². The average molecular weight is 667 g/mol. The van der Waals surface area contributed by atoms with Crippen LogP contribution in [0.5, 0.6) is 0 Å². The third-order valence-corrected chi connectivity index (χ3v) is 9.79. The fraction of sp³-hybridized carbons (Fsp3) is 0.892. The summed E-state index contributed by atoms with van der Waals surface area (Å²) in [6.07, 6.45) is 9.35. The fourth-order valence-corrected chi connectivity index (χ4v) is 7.12. The average Bonchev–Trinajstić information content (AvgIpc) is 3.59. The van der Waals surface area contributed by atoms with Crippen molar-refractivity contribution >= 4 is 23.1 Å². The Morgan fingerprint density at radius 1 is 0.447 bits per heavy atom. The van der Waals surface area contributed by atoms with Gasteiger partial charge in [-0.05, 0) is 67.7 Å². The SMILES string of the molecule is CCC1OC(C)(CCC(C)=O)OC1CC1OC(C)(CCC(C)=O)OC1CC1OC(C)(CCC(C)=O)OC1CCCCCCCC(C)=O. The Balaban J connectivity index is 1.74. The van der Waals surface area contributed by atoms with Gasteiger partial charge < -0.3 is 47.6 Å². The van der Waals surface area contributed by atoms with Gasteiger partial charge in [0, 0.05) is 57.8 Å². The van der Waals surface area contributed by atoms with E-state index in [1.807, 2.05) is 20.8 Å². The smallest absolute Gasteiger partial charge is 0.166 e. The van der Waals surface area contributed by atoms with Gasteiger partial charge >= 0.3 is 0 Å². The molecular formula is C37H62O10. The summed E-state index contributed by atoms with van der Waals surface area (Å²) in [5.74, 6) is -2.15. The highest BCUT2D eigenvalue weighted by molar-refractivity contribution is 5.76. The van der Waals surface area contributed by atoms with Crippen LogP contribution in [-0.4, -0.2) is 77.1 Å². The molecule has 0 N–H and O–H groups in total. The summed E-state index contributed by atoms with van der Waals surface area (Å²) >= 11 is 0. The molecule has 270 valence electrons. The van der Waals surface area contributed by atoms with Crippen molar-refractivity contribution < 1.29 is 47.6 Å². The molecule has 3 heterocycles. The van der Waals surface area contributed by atoms with E-state index in [-0.39, 0.29) is 59.8 Å². The number of Topliss-reactive ketones (excluding diaryl/α,β-unsaturated/α-hetero) is 4. The fourth-order valence-electron chi connectivity index (χ4n) is 7.12. The van der Waals surface area contributed by atoms with E-state index in [0.717, 1.165) is 44.9 Å². The van der Waals surface area contributed by atoms with Gasteiger partial charge in [-0.3, -0.25) is 0 Å². The lowest BCUT2D eigenvalue weighted by atomic mass is 9.95.